The molecule has 1 aromatic rings. The molecule has 5 nitrogen and oxygen atoms in total. The quantitative estimate of drug-likeness (QED) is 0.761. The van der Waals surface area contributed by atoms with Crippen molar-refractivity contribution in [2.45, 2.75) is 6.04 Å². The van der Waals surface area contributed by atoms with Gasteiger partial charge in [0.05, 0.1) is 7.11 Å². The molecule has 80 valence electrons. The van der Waals surface area contributed by atoms with Crippen molar-refractivity contribution < 1.29 is 14.3 Å². The number of nitrogens with two attached hydrogens (primary N) is 1. The van der Waals surface area contributed by atoms with E-state index in [9.17, 15) is 9.59 Å². The Labute approximate surface area is 87.2 Å². The third-order valence-corrected chi connectivity index (χ3v) is 1.87. The van der Waals surface area contributed by atoms with Crippen LogP contribution in [0.15, 0.2) is 30.3 Å². The lowest BCUT2D eigenvalue weighted by atomic mass is 10.1. The Kier molecular flexibility index (Phi) is 3.68. The molecule has 1 atom stereocenters. The average Bonchev–Trinajstić information content (AvgIpc) is 2.26. The van der Waals surface area contributed by atoms with Crippen molar-refractivity contribution in [3.05, 3.63) is 35.9 Å². The molecule has 0 bridgehead atoms. The minimum Gasteiger partial charge on any atom is -0.453 e. The fourth-order valence-corrected chi connectivity index (χ4v) is 1.14. The minimum atomic E-state index is -0.862. The van der Waals surface area contributed by atoms with Gasteiger partial charge in [-0.1, -0.05) is 30.3 Å². The predicted octanol–water partition coefficient (Wildman–Crippen LogP) is 0.569. The summed E-state index contributed by atoms with van der Waals surface area (Å²) in [6.45, 7) is 0. The number of benzene rings is 1. The van der Waals surface area contributed by atoms with Gasteiger partial charge in [0.15, 0.2) is 0 Å². The van der Waals surface area contributed by atoms with E-state index >= 15 is 0 Å². The summed E-state index contributed by atoms with van der Waals surface area (Å²) in [6.07, 6.45) is -0.692. The molecule has 2 amide bonds. The number of carbonyl (C=O) groups is 2. The first-order valence-electron chi connectivity index (χ1n) is 4.34. The van der Waals surface area contributed by atoms with Gasteiger partial charge in [0.1, 0.15) is 6.04 Å². The number of amides is 2. The molecule has 3 N–H and O–H groups in total. The summed E-state index contributed by atoms with van der Waals surface area (Å²) >= 11 is 0. The number of methoxy groups -OCH3 is 1. The minimum absolute atomic E-state index is 0.621. The van der Waals surface area contributed by atoms with E-state index in [1.54, 1.807) is 30.3 Å². The lowest BCUT2D eigenvalue weighted by Gasteiger charge is -2.14. The van der Waals surface area contributed by atoms with Gasteiger partial charge in [-0.05, 0) is 5.56 Å². The molecule has 0 heterocycles. The fourth-order valence-electron chi connectivity index (χ4n) is 1.14. The largest absolute Gasteiger partial charge is 0.453 e. The van der Waals surface area contributed by atoms with E-state index in [0.717, 1.165) is 0 Å². The molecule has 1 rings (SSSR count). The fraction of sp³-hybridized carbons (Fsp3) is 0.200. The topological polar surface area (TPSA) is 81.4 Å². The first-order chi connectivity index (χ1) is 7.15. The zero-order valence-electron chi connectivity index (χ0n) is 8.27. The van der Waals surface area contributed by atoms with E-state index in [1.807, 2.05) is 0 Å². The maximum Gasteiger partial charge on any atom is 0.407 e. The molecule has 1 aromatic carbocycles. The van der Waals surface area contributed by atoms with Crippen LogP contribution in [-0.2, 0) is 9.53 Å². The van der Waals surface area contributed by atoms with E-state index in [4.69, 9.17) is 5.73 Å². The van der Waals surface area contributed by atoms with Crippen molar-refractivity contribution in [3.8, 4) is 0 Å². The summed E-state index contributed by atoms with van der Waals surface area (Å²) in [4.78, 5) is 22.1. The molecule has 15 heavy (non-hydrogen) atoms. The summed E-state index contributed by atoms with van der Waals surface area (Å²) in [7, 11) is 1.22. The lowest BCUT2D eigenvalue weighted by Crippen LogP contribution is -2.37. The third-order valence-electron chi connectivity index (χ3n) is 1.87. The van der Waals surface area contributed by atoms with Crippen LogP contribution in [-0.4, -0.2) is 19.1 Å². The van der Waals surface area contributed by atoms with Crippen LogP contribution in [0, 0.1) is 0 Å². The van der Waals surface area contributed by atoms with Gasteiger partial charge in [0.25, 0.3) is 0 Å². The lowest BCUT2D eigenvalue weighted by molar-refractivity contribution is -0.120. The van der Waals surface area contributed by atoms with Crippen LogP contribution in [0.2, 0.25) is 0 Å². The molecule has 0 radical (unpaired) electrons. The second kappa shape index (κ2) is 4.99. The molecule has 0 aliphatic rings. The first-order valence-corrected chi connectivity index (χ1v) is 4.34. The summed E-state index contributed by atoms with van der Waals surface area (Å²) in [5.74, 6) is -0.633. The second-order valence-corrected chi connectivity index (χ2v) is 2.88. The van der Waals surface area contributed by atoms with Gasteiger partial charge >= 0.3 is 6.09 Å². The van der Waals surface area contributed by atoms with Gasteiger partial charge < -0.3 is 15.8 Å². The molecule has 0 aliphatic heterocycles. The molecular formula is C10H12N2O3. The van der Waals surface area contributed by atoms with Gasteiger partial charge in [0, 0.05) is 0 Å². The van der Waals surface area contributed by atoms with E-state index < -0.39 is 18.0 Å². The van der Waals surface area contributed by atoms with Crippen LogP contribution in [0.3, 0.4) is 0 Å². The Hall–Kier alpha value is -2.04. The number of primary amides is 1. The smallest absolute Gasteiger partial charge is 0.407 e. The van der Waals surface area contributed by atoms with Crippen molar-refractivity contribution in [1.82, 2.24) is 5.32 Å². The summed E-state index contributed by atoms with van der Waals surface area (Å²) in [6, 6.07) is 7.85. The summed E-state index contributed by atoms with van der Waals surface area (Å²) in [5, 5.41) is 2.35. The zero-order valence-corrected chi connectivity index (χ0v) is 8.27. The van der Waals surface area contributed by atoms with Crippen LogP contribution in [0.25, 0.3) is 0 Å². The highest BCUT2D eigenvalue weighted by Gasteiger charge is 2.19. The molecule has 0 spiro atoms. The Balaban J connectivity index is 2.84. The van der Waals surface area contributed by atoms with Crippen LogP contribution in [0.4, 0.5) is 4.79 Å². The highest BCUT2D eigenvalue weighted by Crippen LogP contribution is 2.11. The summed E-state index contributed by atoms with van der Waals surface area (Å²) in [5.41, 5.74) is 5.78. The van der Waals surface area contributed by atoms with E-state index in [1.165, 1.54) is 7.11 Å². The molecule has 0 fully saturated rings. The Morgan fingerprint density at radius 2 is 1.93 bits per heavy atom. The molecule has 1 unspecified atom stereocenters. The van der Waals surface area contributed by atoms with Gasteiger partial charge in [-0.25, -0.2) is 4.79 Å². The monoisotopic (exact) mass is 208 g/mol. The van der Waals surface area contributed by atoms with E-state index in [0.29, 0.717) is 5.56 Å². The highest BCUT2D eigenvalue weighted by molar-refractivity contribution is 5.85. The van der Waals surface area contributed by atoms with E-state index in [2.05, 4.69) is 10.1 Å². The number of carbonyl (C=O) groups excluding carboxylic acids is 2. The maximum absolute atomic E-state index is 11.1. The van der Waals surface area contributed by atoms with Crippen LogP contribution < -0.4 is 11.1 Å². The van der Waals surface area contributed by atoms with Crippen LogP contribution >= 0.6 is 0 Å². The van der Waals surface area contributed by atoms with Gasteiger partial charge in [-0.15, -0.1) is 0 Å². The second-order valence-electron chi connectivity index (χ2n) is 2.88. The Morgan fingerprint density at radius 3 is 2.40 bits per heavy atom. The standard InChI is InChI=1S/C10H12N2O3/c1-15-10(14)12-8(9(11)13)7-5-3-2-4-6-7/h2-6,8H,1H3,(H2,11,13)(H,12,14). The van der Waals surface area contributed by atoms with Crippen LogP contribution in [0.1, 0.15) is 11.6 Å². The number of nitrogens with one attached hydrogen (secondary N) is 1. The number of hydrogen-bond acceptors (Lipinski definition) is 3. The average molecular weight is 208 g/mol. The van der Waals surface area contributed by atoms with Crippen molar-refractivity contribution >= 4 is 12.0 Å². The predicted molar refractivity (Wildman–Crippen MR) is 53.9 cm³/mol. The third kappa shape index (κ3) is 2.98. The zero-order chi connectivity index (χ0) is 11.3. The van der Waals surface area contributed by atoms with Crippen molar-refractivity contribution in [2.24, 2.45) is 5.73 Å². The normalized spacial score (nSPS) is 11.5. The summed E-state index contributed by atoms with van der Waals surface area (Å²) < 4.78 is 4.39. The highest BCUT2D eigenvalue weighted by atomic mass is 16.5. The number of hydrogen-bond donors (Lipinski definition) is 2. The molecule has 0 saturated carbocycles. The van der Waals surface area contributed by atoms with Crippen molar-refractivity contribution in [3.63, 3.8) is 0 Å². The van der Waals surface area contributed by atoms with Gasteiger partial charge in [-0.3, -0.25) is 4.79 Å². The SMILES string of the molecule is COC(=O)NC(C(N)=O)c1ccccc1. The molecule has 0 aliphatic carbocycles. The molecule has 5 heteroatoms. The Morgan fingerprint density at radius 1 is 1.33 bits per heavy atom. The van der Waals surface area contributed by atoms with Crippen molar-refractivity contribution in [2.75, 3.05) is 7.11 Å². The molecule has 0 aromatic heterocycles. The first kappa shape index (κ1) is 11.0. The van der Waals surface area contributed by atoms with Crippen molar-refractivity contribution in [1.29, 1.82) is 0 Å². The molecule has 0 saturated heterocycles. The van der Waals surface area contributed by atoms with E-state index in [-0.39, 0.29) is 0 Å². The molecular weight excluding hydrogens is 196 g/mol. The number of alkyl carbamates (subject to hydrolysis) is 1. The van der Waals surface area contributed by atoms with Gasteiger partial charge in [-0.2, -0.15) is 0 Å². The Bertz CT molecular complexity index is 351. The number of rotatable bonds is 3. The van der Waals surface area contributed by atoms with Gasteiger partial charge in [0.2, 0.25) is 5.91 Å². The maximum atomic E-state index is 11.1. The van der Waals surface area contributed by atoms with Crippen LogP contribution in [0.5, 0.6) is 0 Å². The number of ether oxygens (including phenoxy) is 1.